The summed E-state index contributed by atoms with van der Waals surface area (Å²) in [5.74, 6) is -0.614. The lowest BCUT2D eigenvalue weighted by molar-refractivity contribution is -0.384. The number of nitrogens with zero attached hydrogens (tertiary/aromatic N) is 1. The largest absolute Gasteiger partial charge is 0.462 e. The van der Waals surface area contributed by atoms with Crippen LogP contribution in [0.3, 0.4) is 0 Å². The quantitative estimate of drug-likeness (QED) is 0.282. The third-order valence-corrected chi connectivity index (χ3v) is 2.74. The highest BCUT2D eigenvalue weighted by molar-refractivity contribution is 7.81. The van der Waals surface area contributed by atoms with E-state index in [-0.39, 0.29) is 28.6 Å². The monoisotopic (exact) mass is 309 g/mol. The van der Waals surface area contributed by atoms with Gasteiger partial charge in [0.25, 0.3) is 5.69 Å². The molecular formula is C13H15N3O4S. The van der Waals surface area contributed by atoms with Gasteiger partial charge in [-0.05, 0) is 26.0 Å². The van der Waals surface area contributed by atoms with Crippen LogP contribution in [0.5, 0.6) is 0 Å². The molecule has 0 aliphatic heterocycles. The molecule has 0 radical (unpaired) electrons. The Labute approximate surface area is 126 Å². The molecule has 0 bridgehead atoms. The molecule has 7 nitrogen and oxygen atoms in total. The SMILES string of the molecule is CCOC(=O)/C(C(=S)Nc1ccc([N+](=O)[O-])cc1)=C(/C)N. The van der Waals surface area contributed by atoms with Crippen molar-refractivity contribution in [3.8, 4) is 0 Å². The highest BCUT2D eigenvalue weighted by Crippen LogP contribution is 2.17. The minimum absolute atomic E-state index is 0.0392. The Hall–Kier alpha value is -2.48. The fourth-order valence-electron chi connectivity index (χ4n) is 1.50. The van der Waals surface area contributed by atoms with E-state index in [0.717, 1.165) is 0 Å². The summed E-state index contributed by atoms with van der Waals surface area (Å²) in [6.07, 6.45) is 0. The minimum atomic E-state index is -0.614. The highest BCUT2D eigenvalue weighted by atomic mass is 32.1. The van der Waals surface area contributed by atoms with Crippen LogP contribution in [-0.4, -0.2) is 22.5 Å². The summed E-state index contributed by atoms with van der Waals surface area (Å²) >= 11 is 5.12. The zero-order valence-electron chi connectivity index (χ0n) is 11.6. The van der Waals surface area contributed by atoms with Gasteiger partial charge in [0.1, 0.15) is 10.6 Å². The summed E-state index contributed by atoms with van der Waals surface area (Å²) in [6, 6.07) is 5.63. The van der Waals surface area contributed by atoms with Crippen LogP contribution in [-0.2, 0) is 9.53 Å². The normalized spacial score (nSPS) is 11.3. The van der Waals surface area contributed by atoms with E-state index in [0.29, 0.717) is 5.69 Å². The first-order valence-corrected chi connectivity index (χ1v) is 6.47. The van der Waals surface area contributed by atoms with Gasteiger partial charge in [0.2, 0.25) is 0 Å². The fourth-order valence-corrected chi connectivity index (χ4v) is 1.86. The topological polar surface area (TPSA) is 107 Å². The molecule has 8 heteroatoms. The number of anilines is 1. The lowest BCUT2D eigenvalue weighted by atomic mass is 10.2. The average molecular weight is 309 g/mol. The smallest absolute Gasteiger partial charge is 0.342 e. The van der Waals surface area contributed by atoms with E-state index in [1.165, 1.54) is 31.2 Å². The number of nitrogens with two attached hydrogens (primary N) is 1. The van der Waals surface area contributed by atoms with Gasteiger partial charge in [0, 0.05) is 23.5 Å². The predicted octanol–water partition coefficient (Wildman–Crippen LogP) is 2.13. The molecule has 112 valence electrons. The second-order valence-electron chi connectivity index (χ2n) is 4.04. The number of hydrogen-bond donors (Lipinski definition) is 2. The minimum Gasteiger partial charge on any atom is -0.462 e. The number of rotatable bonds is 5. The van der Waals surface area contributed by atoms with Crippen molar-refractivity contribution in [1.82, 2.24) is 0 Å². The van der Waals surface area contributed by atoms with Gasteiger partial charge in [-0.25, -0.2) is 4.79 Å². The Morgan fingerprint density at radius 2 is 2.00 bits per heavy atom. The number of non-ortho nitro benzene ring substituents is 1. The van der Waals surface area contributed by atoms with Crippen LogP contribution in [0.2, 0.25) is 0 Å². The van der Waals surface area contributed by atoms with Gasteiger partial charge in [-0.1, -0.05) is 12.2 Å². The number of nitro groups is 1. The van der Waals surface area contributed by atoms with Crippen LogP contribution < -0.4 is 11.1 Å². The summed E-state index contributed by atoms with van der Waals surface area (Å²) in [6.45, 7) is 3.42. The number of nitro benzene ring substituents is 1. The molecule has 0 amide bonds. The Kier molecular flexibility index (Phi) is 5.79. The fraction of sp³-hybridized carbons (Fsp3) is 0.231. The van der Waals surface area contributed by atoms with Gasteiger partial charge in [-0.2, -0.15) is 0 Å². The maximum absolute atomic E-state index is 11.8. The number of carbonyl (C=O) groups is 1. The van der Waals surface area contributed by atoms with Gasteiger partial charge in [-0.3, -0.25) is 10.1 Å². The number of ether oxygens (including phenoxy) is 1. The molecule has 0 saturated carbocycles. The van der Waals surface area contributed by atoms with E-state index >= 15 is 0 Å². The first-order valence-electron chi connectivity index (χ1n) is 6.06. The van der Waals surface area contributed by atoms with Crippen LogP contribution in [0.15, 0.2) is 35.5 Å². The molecule has 1 aromatic rings. The molecule has 0 spiro atoms. The van der Waals surface area contributed by atoms with E-state index in [9.17, 15) is 14.9 Å². The lowest BCUT2D eigenvalue weighted by Gasteiger charge is -2.12. The molecule has 0 saturated heterocycles. The van der Waals surface area contributed by atoms with Crippen molar-refractivity contribution in [3.63, 3.8) is 0 Å². The van der Waals surface area contributed by atoms with E-state index in [1.807, 2.05) is 0 Å². The van der Waals surface area contributed by atoms with Crippen molar-refractivity contribution in [2.45, 2.75) is 13.8 Å². The van der Waals surface area contributed by atoms with Gasteiger partial charge < -0.3 is 15.8 Å². The van der Waals surface area contributed by atoms with Crippen LogP contribution in [0.25, 0.3) is 0 Å². The van der Waals surface area contributed by atoms with E-state index in [1.54, 1.807) is 6.92 Å². The molecule has 3 N–H and O–H groups in total. The van der Waals surface area contributed by atoms with Crippen molar-refractivity contribution in [3.05, 3.63) is 45.6 Å². The highest BCUT2D eigenvalue weighted by Gasteiger charge is 2.18. The summed E-state index contributed by atoms with van der Waals surface area (Å²) in [5, 5.41) is 13.4. The number of allylic oxidation sites excluding steroid dienone is 1. The van der Waals surface area contributed by atoms with Crippen LogP contribution in [0, 0.1) is 10.1 Å². The standard InChI is InChI=1S/C13H15N3O4S/c1-3-20-13(17)11(8(2)14)12(21)15-9-4-6-10(7-5-9)16(18)19/h4-7H,3,14H2,1-2H3,(H,15,21)/b11-8-. The Morgan fingerprint density at radius 1 is 1.43 bits per heavy atom. The summed E-state index contributed by atoms with van der Waals surface area (Å²) in [4.78, 5) is 21.9. The number of nitrogens with one attached hydrogen (secondary N) is 1. The van der Waals surface area contributed by atoms with Gasteiger partial charge in [0.05, 0.1) is 11.5 Å². The Bertz CT molecular complexity index is 592. The van der Waals surface area contributed by atoms with Crippen molar-refractivity contribution in [2.24, 2.45) is 5.73 Å². The number of hydrogen-bond acceptors (Lipinski definition) is 6. The first kappa shape index (κ1) is 16.6. The second kappa shape index (κ2) is 7.34. The zero-order chi connectivity index (χ0) is 16.0. The molecule has 1 aromatic carbocycles. The first-order chi connectivity index (χ1) is 9.86. The van der Waals surface area contributed by atoms with E-state index < -0.39 is 10.9 Å². The molecule has 0 unspecified atom stereocenters. The third kappa shape index (κ3) is 4.53. The molecule has 0 atom stereocenters. The van der Waals surface area contributed by atoms with Crippen molar-refractivity contribution >= 4 is 34.6 Å². The predicted molar refractivity (Wildman–Crippen MR) is 82.8 cm³/mol. The van der Waals surface area contributed by atoms with Crippen LogP contribution in [0.4, 0.5) is 11.4 Å². The summed E-state index contributed by atoms with van der Waals surface area (Å²) < 4.78 is 4.88. The van der Waals surface area contributed by atoms with Crippen molar-refractivity contribution in [1.29, 1.82) is 0 Å². The van der Waals surface area contributed by atoms with Gasteiger partial charge in [-0.15, -0.1) is 0 Å². The maximum atomic E-state index is 11.8. The molecule has 0 fully saturated rings. The molecule has 0 aromatic heterocycles. The van der Waals surface area contributed by atoms with Gasteiger partial charge in [0.15, 0.2) is 0 Å². The number of thiocarbonyl (C=S) groups is 1. The van der Waals surface area contributed by atoms with Gasteiger partial charge >= 0.3 is 5.97 Å². The summed E-state index contributed by atoms with van der Waals surface area (Å²) in [7, 11) is 0. The maximum Gasteiger partial charge on any atom is 0.342 e. The number of benzene rings is 1. The molecule has 0 aliphatic carbocycles. The van der Waals surface area contributed by atoms with Crippen molar-refractivity contribution < 1.29 is 14.5 Å². The second-order valence-corrected chi connectivity index (χ2v) is 4.44. The van der Waals surface area contributed by atoms with Crippen LogP contribution >= 0.6 is 12.2 Å². The van der Waals surface area contributed by atoms with E-state index in [2.05, 4.69) is 5.32 Å². The lowest BCUT2D eigenvalue weighted by Crippen LogP contribution is -2.24. The molecular weight excluding hydrogens is 294 g/mol. The Balaban J connectivity index is 2.90. The molecule has 1 rings (SSSR count). The van der Waals surface area contributed by atoms with E-state index in [4.69, 9.17) is 22.7 Å². The zero-order valence-corrected chi connectivity index (χ0v) is 12.4. The molecule has 21 heavy (non-hydrogen) atoms. The molecule has 0 heterocycles. The number of esters is 1. The number of carbonyl (C=O) groups excluding carboxylic acids is 1. The average Bonchev–Trinajstić information content (AvgIpc) is 2.39. The third-order valence-electron chi connectivity index (χ3n) is 2.44. The summed E-state index contributed by atoms with van der Waals surface area (Å²) in [5.41, 5.74) is 6.42. The van der Waals surface area contributed by atoms with Crippen molar-refractivity contribution in [2.75, 3.05) is 11.9 Å². The molecule has 0 aliphatic rings. The van der Waals surface area contributed by atoms with Crippen LogP contribution in [0.1, 0.15) is 13.8 Å². The Morgan fingerprint density at radius 3 is 2.43 bits per heavy atom.